The molecule has 0 aliphatic carbocycles. The van der Waals surface area contributed by atoms with Crippen molar-refractivity contribution in [1.29, 1.82) is 0 Å². The molecule has 0 aliphatic rings. The molecule has 0 bridgehead atoms. The summed E-state index contributed by atoms with van der Waals surface area (Å²) in [6.45, 7) is 5.32. The standard InChI is InChI=1S/C9H15N3O2/c1-5(6(2)9(13)14)8-10-7(3)11-12(8)4/h5-6H,1-4H3,(H,13,14). The minimum absolute atomic E-state index is 0.126. The van der Waals surface area contributed by atoms with Crippen LogP contribution < -0.4 is 0 Å². The average molecular weight is 197 g/mol. The third kappa shape index (κ3) is 1.92. The lowest BCUT2D eigenvalue weighted by Crippen LogP contribution is -2.19. The van der Waals surface area contributed by atoms with E-state index in [0.29, 0.717) is 5.82 Å². The summed E-state index contributed by atoms with van der Waals surface area (Å²) >= 11 is 0. The van der Waals surface area contributed by atoms with Crippen LogP contribution in [-0.4, -0.2) is 25.8 Å². The van der Waals surface area contributed by atoms with Crippen molar-refractivity contribution < 1.29 is 9.90 Å². The summed E-state index contributed by atoms with van der Waals surface area (Å²) in [6.07, 6.45) is 0. The number of carboxylic acid groups (broad SMARTS) is 1. The van der Waals surface area contributed by atoms with Gasteiger partial charge in [0.05, 0.1) is 5.92 Å². The third-order valence-corrected chi connectivity index (χ3v) is 2.45. The van der Waals surface area contributed by atoms with Crippen molar-refractivity contribution in [1.82, 2.24) is 14.8 Å². The molecule has 2 atom stereocenters. The molecular weight excluding hydrogens is 182 g/mol. The first-order valence-corrected chi connectivity index (χ1v) is 4.53. The van der Waals surface area contributed by atoms with E-state index < -0.39 is 11.9 Å². The summed E-state index contributed by atoms with van der Waals surface area (Å²) in [4.78, 5) is 15.0. The Hall–Kier alpha value is -1.39. The monoisotopic (exact) mass is 197 g/mol. The van der Waals surface area contributed by atoms with Crippen molar-refractivity contribution >= 4 is 5.97 Å². The van der Waals surface area contributed by atoms with Crippen LogP contribution in [0.4, 0.5) is 0 Å². The van der Waals surface area contributed by atoms with Crippen LogP contribution in [0, 0.1) is 12.8 Å². The van der Waals surface area contributed by atoms with Gasteiger partial charge in [-0.1, -0.05) is 13.8 Å². The number of carboxylic acids is 1. The molecule has 0 saturated carbocycles. The van der Waals surface area contributed by atoms with Crippen LogP contribution >= 0.6 is 0 Å². The quantitative estimate of drug-likeness (QED) is 0.783. The van der Waals surface area contributed by atoms with Gasteiger partial charge in [0, 0.05) is 13.0 Å². The Labute approximate surface area is 82.8 Å². The van der Waals surface area contributed by atoms with Crippen LogP contribution in [0.2, 0.25) is 0 Å². The van der Waals surface area contributed by atoms with Crippen LogP contribution in [0.1, 0.15) is 31.4 Å². The highest BCUT2D eigenvalue weighted by molar-refractivity contribution is 5.70. The molecule has 2 unspecified atom stereocenters. The predicted octanol–water partition coefficient (Wildman–Crippen LogP) is 0.948. The Bertz CT molecular complexity index is 346. The number of carbonyl (C=O) groups is 1. The average Bonchev–Trinajstić information content (AvgIpc) is 2.42. The van der Waals surface area contributed by atoms with E-state index >= 15 is 0 Å². The van der Waals surface area contributed by atoms with E-state index in [1.807, 2.05) is 6.92 Å². The Morgan fingerprint density at radius 2 is 2.07 bits per heavy atom. The fourth-order valence-electron chi connectivity index (χ4n) is 1.36. The van der Waals surface area contributed by atoms with Gasteiger partial charge in [-0.25, -0.2) is 4.98 Å². The first-order valence-electron chi connectivity index (χ1n) is 4.53. The number of hydrogen-bond acceptors (Lipinski definition) is 3. The summed E-state index contributed by atoms with van der Waals surface area (Å²) in [7, 11) is 1.78. The van der Waals surface area contributed by atoms with Gasteiger partial charge in [-0.3, -0.25) is 9.48 Å². The van der Waals surface area contributed by atoms with E-state index in [4.69, 9.17) is 5.11 Å². The predicted molar refractivity (Wildman–Crippen MR) is 51.0 cm³/mol. The molecule has 0 aromatic carbocycles. The largest absolute Gasteiger partial charge is 0.481 e. The Morgan fingerprint density at radius 3 is 2.43 bits per heavy atom. The van der Waals surface area contributed by atoms with E-state index in [1.54, 1.807) is 25.6 Å². The zero-order valence-electron chi connectivity index (χ0n) is 8.85. The summed E-state index contributed by atoms with van der Waals surface area (Å²) in [5.74, 6) is 0.0125. The smallest absolute Gasteiger partial charge is 0.306 e. The van der Waals surface area contributed by atoms with Gasteiger partial charge in [0.25, 0.3) is 0 Å². The SMILES string of the molecule is Cc1nc(C(C)C(C)C(=O)O)n(C)n1. The number of rotatable bonds is 3. The molecule has 0 radical (unpaired) electrons. The van der Waals surface area contributed by atoms with Crippen LogP contribution in [0.5, 0.6) is 0 Å². The van der Waals surface area contributed by atoms with E-state index in [-0.39, 0.29) is 5.92 Å². The van der Waals surface area contributed by atoms with Crippen molar-refractivity contribution in [3.05, 3.63) is 11.6 Å². The minimum atomic E-state index is -0.807. The highest BCUT2D eigenvalue weighted by Gasteiger charge is 2.24. The first-order chi connectivity index (χ1) is 6.43. The number of nitrogens with zero attached hydrogens (tertiary/aromatic N) is 3. The number of aliphatic carboxylic acids is 1. The van der Waals surface area contributed by atoms with Gasteiger partial charge in [-0.05, 0) is 6.92 Å². The van der Waals surface area contributed by atoms with E-state index in [0.717, 1.165) is 5.82 Å². The Kier molecular flexibility index (Phi) is 2.88. The molecule has 1 aromatic rings. The van der Waals surface area contributed by atoms with Gasteiger partial charge in [-0.2, -0.15) is 5.10 Å². The molecule has 0 saturated heterocycles. The minimum Gasteiger partial charge on any atom is -0.481 e. The van der Waals surface area contributed by atoms with Gasteiger partial charge in [-0.15, -0.1) is 0 Å². The molecule has 14 heavy (non-hydrogen) atoms. The molecule has 0 amide bonds. The Morgan fingerprint density at radius 1 is 1.50 bits per heavy atom. The molecular formula is C9H15N3O2. The summed E-state index contributed by atoms with van der Waals surface area (Å²) in [6, 6.07) is 0. The lowest BCUT2D eigenvalue weighted by molar-refractivity contribution is -0.141. The van der Waals surface area contributed by atoms with Gasteiger partial charge in [0.1, 0.15) is 11.6 Å². The fraction of sp³-hybridized carbons (Fsp3) is 0.667. The second-order valence-electron chi connectivity index (χ2n) is 3.56. The zero-order chi connectivity index (χ0) is 10.9. The van der Waals surface area contributed by atoms with Gasteiger partial charge < -0.3 is 5.11 Å². The molecule has 1 heterocycles. The summed E-state index contributed by atoms with van der Waals surface area (Å²) < 4.78 is 1.64. The molecule has 1 rings (SSSR count). The normalized spacial score (nSPS) is 15.1. The van der Waals surface area contributed by atoms with Gasteiger partial charge >= 0.3 is 5.97 Å². The van der Waals surface area contributed by atoms with Crippen LogP contribution in [0.15, 0.2) is 0 Å². The zero-order valence-corrected chi connectivity index (χ0v) is 8.85. The Balaban J connectivity index is 2.94. The highest BCUT2D eigenvalue weighted by atomic mass is 16.4. The van der Waals surface area contributed by atoms with Crippen molar-refractivity contribution in [2.24, 2.45) is 13.0 Å². The molecule has 0 fully saturated rings. The maximum atomic E-state index is 10.8. The first kappa shape index (κ1) is 10.7. The van der Waals surface area contributed by atoms with Crippen molar-refractivity contribution in [2.45, 2.75) is 26.7 Å². The van der Waals surface area contributed by atoms with Gasteiger partial charge in [0.2, 0.25) is 0 Å². The molecule has 0 spiro atoms. The molecule has 1 N–H and O–H groups in total. The second-order valence-corrected chi connectivity index (χ2v) is 3.56. The molecule has 5 nitrogen and oxygen atoms in total. The maximum absolute atomic E-state index is 10.8. The van der Waals surface area contributed by atoms with E-state index in [1.165, 1.54) is 0 Å². The molecule has 78 valence electrons. The van der Waals surface area contributed by atoms with Crippen molar-refractivity contribution in [3.63, 3.8) is 0 Å². The molecule has 0 aliphatic heterocycles. The summed E-state index contributed by atoms with van der Waals surface area (Å²) in [5.41, 5.74) is 0. The second kappa shape index (κ2) is 3.77. The number of aromatic nitrogens is 3. The lowest BCUT2D eigenvalue weighted by atomic mass is 9.95. The van der Waals surface area contributed by atoms with E-state index in [9.17, 15) is 4.79 Å². The molecule has 5 heteroatoms. The molecule has 1 aromatic heterocycles. The highest BCUT2D eigenvalue weighted by Crippen LogP contribution is 2.21. The number of aryl methyl sites for hydroxylation is 2. The van der Waals surface area contributed by atoms with Crippen LogP contribution in [0.25, 0.3) is 0 Å². The van der Waals surface area contributed by atoms with Crippen molar-refractivity contribution in [2.75, 3.05) is 0 Å². The fourth-order valence-corrected chi connectivity index (χ4v) is 1.36. The number of hydrogen-bond donors (Lipinski definition) is 1. The summed E-state index contributed by atoms with van der Waals surface area (Å²) in [5, 5.41) is 12.9. The van der Waals surface area contributed by atoms with Gasteiger partial charge in [0.15, 0.2) is 0 Å². The topological polar surface area (TPSA) is 68.0 Å². The maximum Gasteiger partial charge on any atom is 0.306 e. The van der Waals surface area contributed by atoms with E-state index in [2.05, 4.69) is 10.1 Å². The van der Waals surface area contributed by atoms with Crippen LogP contribution in [-0.2, 0) is 11.8 Å². The lowest BCUT2D eigenvalue weighted by Gasteiger charge is -2.14. The third-order valence-electron chi connectivity index (χ3n) is 2.45. The van der Waals surface area contributed by atoms with Crippen molar-refractivity contribution in [3.8, 4) is 0 Å². The van der Waals surface area contributed by atoms with Crippen LogP contribution in [0.3, 0.4) is 0 Å².